The average Bonchev–Trinajstić information content (AvgIpc) is 2.88. The van der Waals surface area contributed by atoms with E-state index in [1.807, 2.05) is 6.92 Å². The van der Waals surface area contributed by atoms with Crippen molar-refractivity contribution < 1.29 is 14.7 Å². The van der Waals surface area contributed by atoms with E-state index >= 15 is 0 Å². The van der Waals surface area contributed by atoms with Crippen molar-refractivity contribution in [3.8, 4) is 0 Å². The Balaban J connectivity index is 2.10. The van der Waals surface area contributed by atoms with Crippen LogP contribution < -0.4 is 10.6 Å². The third-order valence-corrected chi connectivity index (χ3v) is 2.87. The first-order valence-corrected chi connectivity index (χ1v) is 6.44. The monoisotopic (exact) mass is 288 g/mol. The Morgan fingerprint density at radius 3 is 2.71 bits per heavy atom. The summed E-state index contributed by atoms with van der Waals surface area (Å²) in [5.41, 5.74) is 1.64. The van der Waals surface area contributed by atoms with Crippen molar-refractivity contribution in [2.45, 2.75) is 20.4 Å². The highest BCUT2D eigenvalue weighted by atomic mass is 16.4. The SMILES string of the molecule is CCn1cc(NC(=O)Nc2ccc(C)cc2C(=O)O)cn1. The lowest BCUT2D eigenvalue weighted by Gasteiger charge is -2.09. The van der Waals surface area contributed by atoms with Gasteiger partial charge in [-0.05, 0) is 26.0 Å². The summed E-state index contributed by atoms with van der Waals surface area (Å²) in [4.78, 5) is 23.1. The lowest BCUT2D eigenvalue weighted by Crippen LogP contribution is -2.20. The normalized spacial score (nSPS) is 10.2. The van der Waals surface area contributed by atoms with Gasteiger partial charge in [-0.25, -0.2) is 9.59 Å². The zero-order chi connectivity index (χ0) is 15.4. The highest BCUT2D eigenvalue weighted by Gasteiger charge is 2.13. The molecule has 1 heterocycles. The third-order valence-electron chi connectivity index (χ3n) is 2.87. The number of aromatic carboxylic acids is 1. The van der Waals surface area contributed by atoms with Crippen LogP contribution >= 0.6 is 0 Å². The third kappa shape index (κ3) is 3.59. The highest BCUT2D eigenvalue weighted by molar-refractivity contribution is 6.04. The van der Waals surface area contributed by atoms with E-state index in [1.54, 1.807) is 29.9 Å². The predicted molar refractivity (Wildman–Crippen MR) is 78.7 cm³/mol. The van der Waals surface area contributed by atoms with E-state index in [1.165, 1.54) is 12.3 Å². The molecular weight excluding hydrogens is 272 g/mol. The maximum absolute atomic E-state index is 11.9. The standard InChI is InChI=1S/C14H16N4O3/c1-3-18-8-10(7-15-18)16-14(21)17-12-5-4-9(2)6-11(12)13(19)20/h4-8H,3H2,1-2H3,(H,19,20)(H2,16,17,21). The van der Waals surface area contributed by atoms with Crippen molar-refractivity contribution in [1.82, 2.24) is 9.78 Å². The Bertz CT molecular complexity index is 679. The molecule has 0 spiro atoms. The number of urea groups is 1. The van der Waals surface area contributed by atoms with E-state index in [9.17, 15) is 9.59 Å². The molecule has 0 radical (unpaired) electrons. The van der Waals surface area contributed by atoms with Gasteiger partial charge in [0.15, 0.2) is 0 Å². The Labute approximate surface area is 121 Å². The minimum atomic E-state index is -1.09. The summed E-state index contributed by atoms with van der Waals surface area (Å²) in [5, 5.41) is 18.3. The number of carboxylic acid groups (broad SMARTS) is 1. The van der Waals surface area contributed by atoms with Gasteiger partial charge >= 0.3 is 12.0 Å². The quantitative estimate of drug-likeness (QED) is 0.805. The van der Waals surface area contributed by atoms with E-state index in [0.717, 1.165) is 5.56 Å². The van der Waals surface area contributed by atoms with Gasteiger partial charge in [0.1, 0.15) is 0 Å². The molecule has 1 aromatic carbocycles. The van der Waals surface area contributed by atoms with Crippen molar-refractivity contribution in [2.75, 3.05) is 10.6 Å². The van der Waals surface area contributed by atoms with Gasteiger partial charge in [0, 0.05) is 12.7 Å². The van der Waals surface area contributed by atoms with Gasteiger partial charge in [-0.1, -0.05) is 11.6 Å². The van der Waals surface area contributed by atoms with Crippen molar-refractivity contribution in [1.29, 1.82) is 0 Å². The molecule has 0 fully saturated rings. The fourth-order valence-electron chi connectivity index (χ4n) is 1.83. The Kier molecular flexibility index (Phi) is 4.22. The summed E-state index contributed by atoms with van der Waals surface area (Å²) in [6, 6.07) is 4.29. The number of amides is 2. The largest absolute Gasteiger partial charge is 0.478 e. The van der Waals surface area contributed by atoms with Gasteiger partial charge < -0.3 is 15.7 Å². The molecule has 110 valence electrons. The van der Waals surface area contributed by atoms with E-state index in [2.05, 4.69) is 15.7 Å². The van der Waals surface area contributed by atoms with Gasteiger partial charge in [-0.2, -0.15) is 5.10 Å². The highest BCUT2D eigenvalue weighted by Crippen LogP contribution is 2.18. The number of rotatable bonds is 4. The molecular formula is C14H16N4O3. The summed E-state index contributed by atoms with van der Waals surface area (Å²) in [6.45, 7) is 4.42. The molecule has 2 aromatic rings. The Morgan fingerprint density at radius 1 is 1.33 bits per heavy atom. The zero-order valence-electron chi connectivity index (χ0n) is 11.8. The van der Waals surface area contributed by atoms with Gasteiger partial charge in [0.05, 0.1) is 23.1 Å². The lowest BCUT2D eigenvalue weighted by atomic mass is 10.1. The number of nitrogens with zero attached hydrogens (tertiary/aromatic N) is 2. The topological polar surface area (TPSA) is 96.2 Å². The predicted octanol–water partition coefficient (Wildman–Crippen LogP) is 2.55. The second kappa shape index (κ2) is 6.08. The summed E-state index contributed by atoms with van der Waals surface area (Å²) in [5.74, 6) is -1.09. The van der Waals surface area contributed by atoms with Crippen molar-refractivity contribution in [3.05, 3.63) is 41.7 Å². The van der Waals surface area contributed by atoms with Crippen LogP contribution in [0.2, 0.25) is 0 Å². The van der Waals surface area contributed by atoms with Crippen molar-refractivity contribution in [2.24, 2.45) is 0 Å². The maximum Gasteiger partial charge on any atom is 0.337 e. The summed E-state index contributed by atoms with van der Waals surface area (Å²) >= 11 is 0. The smallest absolute Gasteiger partial charge is 0.337 e. The fourth-order valence-corrected chi connectivity index (χ4v) is 1.83. The number of hydrogen-bond acceptors (Lipinski definition) is 3. The van der Waals surface area contributed by atoms with E-state index < -0.39 is 12.0 Å². The number of aryl methyl sites for hydroxylation is 2. The second-order valence-electron chi connectivity index (χ2n) is 4.52. The van der Waals surface area contributed by atoms with Crippen LogP contribution in [0.3, 0.4) is 0 Å². The minimum absolute atomic E-state index is 0.0504. The lowest BCUT2D eigenvalue weighted by molar-refractivity contribution is 0.0698. The zero-order valence-corrected chi connectivity index (χ0v) is 11.8. The number of carbonyl (C=O) groups is 2. The molecule has 0 aliphatic rings. The minimum Gasteiger partial charge on any atom is -0.478 e. The number of carboxylic acids is 1. The van der Waals surface area contributed by atoms with Crippen LogP contribution in [0.15, 0.2) is 30.6 Å². The van der Waals surface area contributed by atoms with Crippen molar-refractivity contribution >= 4 is 23.4 Å². The van der Waals surface area contributed by atoms with Crippen LogP contribution in [0.25, 0.3) is 0 Å². The molecule has 0 bridgehead atoms. The fraction of sp³-hybridized carbons (Fsp3) is 0.214. The van der Waals surface area contributed by atoms with Gasteiger partial charge in [-0.15, -0.1) is 0 Å². The van der Waals surface area contributed by atoms with Crippen LogP contribution in [0, 0.1) is 6.92 Å². The van der Waals surface area contributed by atoms with Gasteiger partial charge in [-0.3, -0.25) is 4.68 Å². The van der Waals surface area contributed by atoms with Crippen LogP contribution in [0.5, 0.6) is 0 Å². The summed E-state index contributed by atoms with van der Waals surface area (Å²) in [6.07, 6.45) is 3.21. The molecule has 2 rings (SSSR count). The molecule has 0 unspecified atom stereocenters. The Morgan fingerprint density at radius 2 is 2.10 bits per heavy atom. The first-order chi connectivity index (χ1) is 9.99. The summed E-state index contributed by atoms with van der Waals surface area (Å²) in [7, 11) is 0. The first kappa shape index (κ1) is 14.6. The van der Waals surface area contributed by atoms with E-state index in [4.69, 9.17) is 5.11 Å². The number of aromatic nitrogens is 2. The molecule has 3 N–H and O–H groups in total. The molecule has 0 saturated heterocycles. The number of carbonyl (C=O) groups excluding carboxylic acids is 1. The Hall–Kier alpha value is -2.83. The molecule has 0 aliphatic carbocycles. The maximum atomic E-state index is 11.9. The number of benzene rings is 1. The van der Waals surface area contributed by atoms with Crippen LogP contribution in [0.4, 0.5) is 16.2 Å². The average molecular weight is 288 g/mol. The van der Waals surface area contributed by atoms with E-state index in [-0.39, 0.29) is 11.3 Å². The first-order valence-electron chi connectivity index (χ1n) is 6.44. The number of anilines is 2. The van der Waals surface area contributed by atoms with Gasteiger partial charge in [0.2, 0.25) is 0 Å². The molecule has 0 saturated carbocycles. The number of nitrogens with one attached hydrogen (secondary N) is 2. The molecule has 2 amide bonds. The molecule has 0 aliphatic heterocycles. The van der Waals surface area contributed by atoms with Crippen LogP contribution in [0.1, 0.15) is 22.8 Å². The molecule has 21 heavy (non-hydrogen) atoms. The summed E-state index contributed by atoms with van der Waals surface area (Å²) < 4.78 is 1.67. The van der Waals surface area contributed by atoms with Gasteiger partial charge in [0.25, 0.3) is 0 Å². The molecule has 0 atom stereocenters. The van der Waals surface area contributed by atoms with Crippen molar-refractivity contribution in [3.63, 3.8) is 0 Å². The van der Waals surface area contributed by atoms with Crippen LogP contribution in [-0.2, 0) is 6.54 Å². The second-order valence-corrected chi connectivity index (χ2v) is 4.52. The van der Waals surface area contributed by atoms with E-state index in [0.29, 0.717) is 12.2 Å². The molecule has 1 aromatic heterocycles. The molecule has 7 heteroatoms. The molecule has 7 nitrogen and oxygen atoms in total. The number of hydrogen-bond donors (Lipinski definition) is 3. The van der Waals surface area contributed by atoms with Crippen LogP contribution in [-0.4, -0.2) is 26.9 Å².